The first-order valence-corrected chi connectivity index (χ1v) is 16.4. The second kappa shape index (κ2) is 14.9. The van der Waals surface area contributed by atoms with Crippen molar-refractivity contribution in [2.24, 2.45) is 5.41 Å². The van der Waals surface area contributed by atoms with Gasteiger partial charge < -0.3 is 50.7 Å². The summed E-state index contributed by atoms with van der Waals surface area (Å²) >= 11 is 13.1. The lowest BCUT2D eigenvalue weighted by Crippen LogP contribution is -2.50. The molecule has 5 rings (SSSR count). The molecule has 4 atom stereocenters. The van der Waals surface area contributed by atoms with Gasteiger partial charge in [-0.25, -0.2) is 4.79 Å². The van der Waals surface area contributed by atoms with Gasteiger partial charge >= 0.3 is 6.03 Å². The van der Waals surface area contributed by atoms with E-state index >= 15 is 0 Å². The number of amides is 3. The van der Waals surface area contributed by atoms with E-state index in [1.165, 1.54) is 12.8 Å². The number of hydrogen-bond acceptors (Lipinski definition) is 9. The molecule has 2 fully saturated rings. The van der Waals surface area contributed by atoms with Crippen LogP contribution >= 0.6 is 23.2 Å². The average Bonchev–Trinajstić information content (AvgIpc) is 4.00. The Hall–Kier alpha value is -2.84. The molecule has 0 saturated heterocycles. The molecule has 3 aliphatic rings. The molecule has 1 aliphatic heterocycles. The van der Waals surface area contributed by atoms with E-state index in [4.69, 9.17) is 33.0 Å². The molecule has 2 saturated carbocycles. The fourth-order valence-electron chi connectivity index (χ4n) is 5.73. The number of aliphatic hydroxyl groups excluding tert-OH is 5. The van der Waals surface area contributed by atoms with Crippen LogP contribution in [-0.4, -0.2) is 107 Å². The second-order valence-electron chi connectivity index (χ2n) is 12.4. The molecule has 3 amide bonds. The van der Waals surface area contributed by atoms with Crippen LogP contribution in [0, 0.1) is 5.41 Å². The summed E-state index contributed by atoms with van der Waals surface area (Å²) in [4.78, 5) is 30.2. The first-order chi connectivity index (χ1) is 22.0. The van der Waals surface area contributed by atoms with Gasteiger partial charge in [0.15, 0.2) is 0 Å². The van der Waals surface area contributed by atoms with Crippen LogP contribution < -0.4 is 25.2 Å². The van der Waals surface area contributed by atoms with Crippen molar-refractivity contribution in [3.8, 4) is 5.75 Å². The number of aryl methyl sites for hydroxylation is 1. The second-order valence-corrected chi connectivity index (χ2v) is 13.2. The van der Waals surface area contributed by atoms with Gasteiger partial charge in [0.05, 0.1) is 34.5 Å². The van der Waals surface area contributed by atoms with E-state index < -0.39 is 42.5 Å². The standard InChI is InChI=1S/C32H42Cl2N4O8/c33-21-15-27(22(34)14-19(21)4-3-11-35-31(45)36-16-25(40)28(42)29(43)26(41)17-39)46-18-32(9-10-32)30(44)38-13-12-37(20-7-8-20)23-5-1-2-6-24(23)38/h1-2,5-6,14-15,20,25-26,28-29,39-43H,3-4,7-13,16-18H2,(H2,35,36,45)/t25-,26+,28+,29+/m0/s1. The lowest BCUT2D eigenvalue weighted by molar-refractivity contribution is -0.124. The molecule has 12 nitrogen and oxygen atoms in total. The van der Waals surface area contributed by atoms with Gasteiger partial charge in [-0.3, -0.25) is 4.79 Å². The van der Waals surface area contributed by atoms with Crippen LogP contribution in [0.1, 0.15) is 37.7 Å². The molecular formula is C32H42Cl2N4O8. The van der Waals surface area contributed by atoms with Crippen molar-refractivity contribution in [3.63, 3.8) is 0 Å². The molecule has 0 bridgehead atoms. The van der Waals surface area contributed by atoms with Gasteiger partial charge in [-0.2, -0.15) is 0 Å². The summed E-state index contributed by atoms with van der Waals surface area (Å²) in [5.41, 5.74) is 2.25. The Balaban J connectivity index is 1.08. The van der Waals surface area contributed by atoms with Gasteiger partial charge in [-0.1, -0.05) is 35.3 Å². The molecule has 14 heteroatoms. The Bertz CT molecular complexity index is 1390. The highest BCUT2D eigenvalue weighted by Crippen LogP contribution is 2.50. The van der Waals surface area contributed by atoms with Crippen molar-refractivity contribution in [1.82, 2.24) is 10.6 Å². The maximum Gasteiger partial charge on any atom is 0.314 e. The van der Waals surface area contributed by atoms with Crippen molar-refractivity contribution < 1.29 is 39.9 Å². The maximum atomic E-state index is 13.8. The normalized spacial score (nSPS) is 19.5. The highest BCUT2D eigenvalue weighted by Gasteiger charge is 2.54. The van der Waals surface area contributed by atoms with Crippen molar-refractivity contribution in [2.45, 2.75) is 69.0 Å². The Labute approximate surface area is 277 Å². The predicted molar refractivity (Wildman–Crippen MR) is 174 cm³/mol. The van der Waals surface area contributed by atoms with E-state index in [-0.39, 0.29) is 25.6 Å². The van der Waals surface area contributed by atoms with Crippen LogP contribution in [0.25, 0.3) is 0 Å². The summed E-state index contributed by atoms with van der Waals surface area (Å²) in [5, 5.41) is 53.4. The number of nitrogens with zero attached hydrogens (tertiary/aromatic N) is 2. The van der Waals surface area contributed by atoms with Gasteiger partial charge in [-0.15, -0.1) is 0 Å². The van der Waals surface area contributed by atoms with Crippen LogP contribution in [-0.2, 0) is 11.2 Å². The third kappa shape index (κ3) is 7.99. The molecule has 0 spiro atoms. The quantitative estimate of drug-likeness (QED) is 0.138. The van der Waals surface area contributed by atoms with E-state index in [1.54, 1.807) is 12.1 Å². The number of rotatable bonds is 15. The third-order valence-electron chi connectivity index (χ3n) is 8.90. The van der Waals surface area contributed by atoms with Gasteiger partial charge in [0.2, 0.25) is 5.91 Å². The number of carbonyl (C=O) groups is 2. The zero-order chi connectivity index (χ0) is 33.0. The van der Waals surface area contributed by atoms with Crippen molar-refractivity contribution >= 4 is 46.5 Å². The topological polar surface area (TPSA) is 175 Å². The molecule has 7 N–H and O–H groups in total. The fraction of sp³-hybridized carbons (Fsp3) is 0.562. The minimum Gasteiger partial charge on any atom is -0.491 e. The number of halogens is 2. The molecular weight excluding hydrogens is 639 g/mol. The minimum absolute atomic E-state index is 0.0783. The first-order valence-electron chi connectivity index (χ1n) is 15.7. The summed E-state index contributed by atoms with van der Waals surface area (Å²) in [6, 6.07) is 11.5. The SMILES string of the molecule is O=C(NCCCc1cc(Cl)c(OCC2(C(=O)N3CCN(C4CC4)c4ccccc43)CC2)cc1Cl)NC[C@H](O)[C@@H](O)[C@H](O)[C@H](O)CO. The molecule has 0 radical (unpaired) electrons. The van der Waals surface area contributed by atoms with Crippen LogP contribution in [0.4, 0.5) is 16.2 Å². The number of hydrogen-bond donors (Lipinski definition) is 7. The summed E-state index contributed by atoms with van der Waals surface area (Å²) in [7, 11) is 0. The predicted octanol–water partition coefficient (Wildman–Crippen LogP) is 1.84. The van der Waals surface area contributed by atoms with Gasteiger partial charge in [0.1, 0.15) is 30.7 Å². The lowest BCUT2D eigenvalue weighted by atomic mass is 10.0. The number of urea groups is 1. The Morgan fingerprint density at radius 2 is 1.65 bits per heavy atom. The molecule has 0 unspecified atom stereocenters. The summed E-state index contributed by atoms with van der Waals surface area (Å²) < 4.78 is 6.10. The number of carbonyl (C=O) groups excluding carboxylic acids is 2. The minimum atomic E-state index is -1.77. The van der Waals surface area contributed by atoms with Crippen LogP contribution in [0.15, 0.2) is 36.4 Å². The Kier molecular flexibility index (Phi) is 11.2. The molecule has 46 heavy (non-hydrogen) atoms. The molecule has 2 aromatic carbocycles. The Morgan fingerprint density at radius 1 is 0.957 bits per heavy atom. The average molecular weight is 682 g/mol. The highest BCUT2D eigenvalue weighted by atomic mass is 35.5. The van der Waals surface area contributed by atoms with Crippen LogP contribution in [0.2, 0.25) is 10.0 Å². The first kappa shape index (κ1) is 34.5. The summed E-state index contributed by atoms with van der Waals surface area (Å²) in [5.74, 6) is 0.484. The van der Waals surface area contributed by atoms with Crippen molar-refractivity contribution in [2.75, 3.05) is 49.2 Å². The van der Waals surface area contributed by atoms with Gasteiger partial charge in [0.25, 0.3) is 0 Å². The Morgan fingerprint density at radius 3 is 2.33 bits per heavy atom. The molecule has 0 aromatic heterocycles. The number of aliphatic hydroxyl groups is 5. The third-order valence-corrected chi connectivity index (χ3v) is 9.54. The number of ether oxygens (including phenoxy) is 1. The monoisotopic (exact) mass is 680 g/mol. The smallest absolute Gasteiger partial charge is 0.314 e. The number of para-hydroxylation sites is 2. The van der Waals surface area contributed by atoms with Crippen LogP contribution in [0.5, 0.6) is 5.75 Å². The van der Waals surface area contributed by atoms with E-state index in [9.17, 15) is 30.0 Å². The molecule has 1 heterocycles. The fourth-order valence-corrected chi connectivity index (χ4v) is 6.22. The zero-order valence-corrected chi connectivity index (χ0v) is 27.0. The van der Waals surface area contributed by atoms with Crippen molar-refractivity contribution in [3.05, 3.63) is 52.0 Å². The van der Waals surface area contributed by atoms with Crippen LogP contribution in [0.3, 0.4) is 0 Å². The lowest BCUT2D eigenvalue weighted by Gasteiger charge is -2.39. The van der Waals surface area contributed by atoms with E-state index in [0.717, 1.165) is 36.3 Å². The highest BCUT2D eigenvalue weighted by molar-refractivity contribution is 6.34. The number of benzene rings is 2. The number of anilines is 2. The van der Waals surface area contributed by atoms with E-state index in [2.05, 4.69) is 21.6 Å². The molecule has 252 valence electrons. The largest absolute Gasteiger partial charge is 0.491 e. The molecule has 2 aromatic rings. The maximum absolute atomic E-state index is 13.8. The van der Waals surface area contributed by atoms with E-state index in [1.807, 2.05) is 23.1 Å². The van der Waals surface area contributed by atoms with Gasteiger partial charge in [-0.05, 0) is 62.3 Å². The number of nitrogens with one attached hydrogen (secondary N) is 2. The van der Waals surface area contributed by atoms with E-state index in [0.29, 0.717) is 41.2 Å². The zero-order valence-electron chi connectivity index (χ0n) is 25.4. The van der Waals surface area contributed by atoms with Gasteiger partial charge in [0, 0.05) is 43.3 Å². The van der Waals surface area contributed by atoms with Crippen molar-refractivity contribution in [1.29, 1.82) is 0 Å². The number of fused-ring (bicyclic) bond motifs is 1. The summed E-state index contributed by atoms with van der Waals surface area (Å²) in [6.45, 7) is 0.770. The summed E-state index contributed by atoms with van der Waals surface area (Å²) in [6.07, 6.45) is -1.82. The molecule has 2 aliphatic carbocycles.